The van der Waals surface area contributed by atoms with E-state index in [1.807, 2.05) is 42.7 Å². The number of amides is 2. The molecule has 0 spiro atoms. The summed E-state index contributed by atoms with van der Waals surface area (Å²) in [5.74, 6) is 1.21. The molecule has 0 aliphatic rings. The fourth-order valence-electron chi connectivity index (χ4n) is 3.34. The van der Waals surface area contributed by atoms with E-state index in [0.29, 0.717) is 27.8 Å². The number of aryl methyl sites for hydroxylation is 2. The standard InChI is InChI=1S/C26H25N5O3S/c1-17-4-12-22(13-5-17)31-18(2)29-30-26(31)35-16-24(32)27-20-8-6-19(7-9-20)25(33)28-21-10-14-23(34-3)15-11-21/h4-15H,16H2,1-3H3,(H,27,32)(H,28,33). The van der Waals surface area contributed by atoms with Crippen LogP contribution in [0.3, 0.4) is 0 Å². The number of benzene rings is 3. The van der Waals surface area contributed by atoms with Gasteiger partial charge in [-0.2, -0.15) is 0 Å². The van der Waals surface area contributed by atoms with Crippen molar-refractivity contribution in [3.63, 3.8) is 0 Å². The lowest BCUT2D eigenvalue weighted by Gasteiger charge is -2.10. The molecule has 0 unspecified atom stereocenters. The van der Waals surface area contributed by atoms with Crippen LogP contribution in [0.25, 0.3) is 5.69 Å². The number of aromatic nitrogens is 3. The van der Waals surface area contributed by atoms with Gasteiger partial charge >= 0.3 is 0 Å². The number of rotatable bonds is 8. The fourth-order valence-corrected chi connectivity index (χ4v) is 4.13. The summed E-state index contributed by atoms with van der Waals surface area (Å²) in [6.07, 6.45) is 0. The zero-order valence-electron chi connectivity index (χ0n) is 19.6. The SMILES string of the molecule is COc1ccc(NC(=O)c2ccc(NC(=O)CSc3nnc(C)n3-c3ccc(C)cc3)cc2)cc1. The lowest BCUT2D eigenvalue weighted by molar-refractivity contribution is -0.113. The lowest BCUT2D eigenvalue weighted by Crippen LogP contribution is -2.15. The van der Waals surface area contributed by atoms with Crippen LogP contribution >= 0.6 is 11.8 Å². The summed E-state index contributed by atoms with van der Waals surface area (Å²) in [7, 11) is 1.59. The number of thioether (sulfide) groups is 1. The summed E-state index contributed by atoms with van der Waals surface area (Å²) in [6.45, 7) is 3.91. The molecule has 35 heavy (non-hydrogen) atoms. The third-order valence-corrected chi connectivity index (χ3v) is 6.13. The monoisotopic (exact) mass is 487 g/mol. The Balaban J connectivity index is 1.33. The van der Waals surface area contributed by atoms with Crippen LogP contribution in [0.5, 0.6) is 5.75 Å². The van der Waals surface area contributed by atoms with E-state index in [0.717, 1.165) is 17.1 Å². The van der Waals surface area contributed by atoms with Gasteiger partial charge in [-0.25, -0.2) is 0 Å². The van der Waals surface area contributed by atoms with E-state index in [1.165, 1.54) is 11.8 Å². The quantitative estimate of drug-likeness (QED) is 0.344. The molecule has 0 fully saturated rings. The summed E-state index contributed by atoms with van der Waals surface area (Å²) in [4.78, 5) is 25.0. The summed E-state index contributed by atoms with van der Waals surface area (Å²) in [5.41, 5.74) is 3.86. The fraction of sp³-hybridized carbons (Fsp3) is 0.154. The Morgan fingerprint density at radius 2 is 1.49 bits per heavy atom. The molecule has 0 saturated carbocycles. The highest BCUT2D eigenvalue weighted by Gasteiger charge is 2.14. The minimum Gasteiger partial charge on any atom is -0.497 e. The Kier molecular flexibility index (Phi) is 7.47. The molecule has 0 saturated heterocycles. The normalized spacial score (nSPS) is 10.6. The van der Waals surface area contributed by atoms with E-state index >= 15 is 0 Å². The molecule has 0 radical (unpaired) electrons. The van der Waals surface area contributed by atoms with Gasteiger partial charge in [0.2, 0.25) is 5.91 Å². The predicted molar refractivity (Wildman–Crippen MR) is 138 cm³/mol. The van der Waals surface area contributed by atoms with Crippen LogP contribution < -0.4 is 15.4 Å². The first kappa shape index (κ1) is 24.0. The predicted octanol–water partition coefficient (Wildman–Crippen LogP) is 4.88. The zero-order chi connectivity index (χ0) is 24.8. The number of carbonyl (C=O) groups excluding carboxylic acids is 2. The van der Waals surface area contributed by atoms with Crippen molar-refractivity contribution in [2.45, 2.75) is 19.0 Å². The van der Waals surface area contributed by atoms with Crippen molar-refractivity contribution in [3.8, 4) is 11.4 Å². The molecule has 0 atom stereocenters. The van der Waals surface area contributed by atoms with Crippen LogP contribution in [0, 0.1) is 13.8 Å². The first-order valence-corrected chi connectivity index (χ1v) is 11.9. The molecule has 0 aliphatic heterocycles. The first-order valence-electron chi connectivity index (χ1n) is 10.9. The Labute approximate surface area is 207 Å². The van der Waals surface area contributed by atoms with Gasteiger partial charge in [-0.1, -0.05) is 29.5 Å². The Bertz CT molecular complexity index is 1320. The van der Waals surface area contributed by atoms with E-state index in [-0.39, 0.29) is 17.6 Å². The second-order valence-electron chi connectivity index (χ2n) is 7.80. The van der Waals surface area contributed by atoms with Gasteiger partial charge in [0.1, 0.15) is 11.6 Å². The van der Waals surface area contributed by atoms with Crippen LogP contribution in [-0.4, -0.2) is 39.4 Å². The smallest absolute Gasteiger partial charge is 0.255 e. The molecule has 0 bridgehead atoms. The first-order chi connectivity index (χ1) is 16.9. The number of carbonyl (C=O) groups is 2. The van der Waals surface area contributed by atoms with E-state index in [9.17, 15) is 9.59 Å². The van der Waals surface area contributed by atoms with E-state index < -0.39 is 0 Å². The number of methoxy groups -OCH3 is 1. The van der Waals surface area contributed by atoms with Gasteiger partial charge in [0, 0.05) is 22.6 Å². The molecular weight excluding hydrogens is 462 g/mol. The van der Waals surface area contributed by atoms with Crippen molar-refractivity contribution >= 4 is 35.0 Å². The third-order valence-electron chi connectivity index (χ3n) is 5.20. The van der Waals surface area contributed by atoms with Gasteiger partial charge in [-0.15, -0.1) is 10.2 Å². The molecule has 4 rings (SSSR count). The molecule has 0 aliphatic carbocycles. The van der Waals surface area contributed by atoms with Crippen molar-refractivity contribution in [2.24, 2.45) is 0 Å². The van der Waals surface area contributed by atoms with Gasteiger partial charge in [0.25, 0.3) is 5.91 Å². The van der Waals surface area contributed by atoms with Crippen LogP contribution in [0.1, 0.15) is 21.7 Å². The van der Waals surface area contributed by atoms with Gasteiger partial charge in [0.05, 0.1) is 12.9 Å². The molecule has 4 aromatic rings. The van der Waals surface area contributed by atoms with Crippen LogP contribution in [0.4, 0.5) is 11.4 Å². The van der Waals surface area contributed by atoms with Crippen molar-refractivity contribution in [3.05, 3.63) is 89.7 Å². The van der Waals surface area contributed by atoms with Crippen molar-refractivity contribution < 1.29 is 14.3 Å². The second-order valence-corrected chi connectivity index (χ2v) is 8.74. The third kappa shape index (κ3) is 6.07. The largest absolute Gasteiger partial charge is 0.497 e. The maximum Gasteiger partial charge on any atom is 0.255 e. The number of anilines is 2. The molecule has 2 N–H and O–H groups in total. The summed E-state index contributed by atoms with van der Waals surface area (Å²) < 4.78 is 7.04. The van der Waals surface area contributed by atoms with Gasteiger partial charge in [-0.05, 0) is 74.5 Å². The highest BCUT2D eigenvalue weighted by molar-refractivity contribution is 7.99. The molecular formula is C26H25N5O3S. The molecule has 1 heterocycles. The lowest BCUT2D eigenvalue weighted by atomic mass is 10.2. The number of hydrogen-bond acceptors (Lipinski definition) is 6. The number of nitrogens with zero attached hydrogens (tertiary/aromatic N) is 3. The minimum atomic E-state index is -0.241. The Morgan fingerprint density at radius 3 is 2.14 bits per heavy atom. The molecule has 178 valence electrons. The highest BCUT2D eigenvalue weighted by atomic mass is 32.2. The molecule has 1 aromatic heterocycles. The van der Waals surface area contributed by atoms with Crippen LogP contribution in [-0.2, 0) is 4.79 Å². The molecule has 2 amide bonds. The summed E-state index contributed by atoms with van der Waals surface area (Å²) >= 11 is 1.31. The molecule has 8 nitrogen and oxygen atoms in total. The van der Waals surface area contributed by atoms with Gasteiger partial charge in [0.15, 0.2) is 5.16 Å². The van der Waals surface area contributed by atoms with E-state index in [2.05, 4.69) is 20.8 Å². The number of ether oxygens (including phenoxy) is 1. The Morgan fingerprint density at radius 1 is 0.857 bits per heavy atom. The van der Waals surface area contributed by atoms with Gasteiger partial charge < -0.3 is 15.4 Å². The van der Waals surface area contributed by atoms with E-state index in [4.69, 9.17) is 4.74 Å². The van der Waals surface area contributed by atoms with Gasteiger partial charge in [-0.3, -0.25) is 14.2 Å². The summed E-state index contributed by atoms with van der Waals surface area (Å²) in [5, 5.41) is 14.7. The zero-order valence-corrected chi connectivity index (χ0v) is 20.4. The van der Waals surface area contributed by atoms with Crippen molar-refractivity contribution in [1.82, 2.24) is 14.8 Å². The van der Waals surface area contributed by atoms with Crippen LogP contribution in [0.15, 0.2) is 78.0 Å². The average Bonchev–Trinajstić information content (AvgIpc) is 3.24. The molecule has 3 aromatic carbocycles. The maximum atomic E-state index is 12.5. The average molecular weight is 488 g/mol. The van der Waals surface area contributed by atoms with Crippen LogP contribution in [0.2, 0.25) is 0 Å². The number of hydrogen-bond donors (Lipinski definition) is 2. The van der Waals surface area contributed by atoms with Crippen molar-refractivity contribution in [1.29, 1.82) is 0 Å². The topological polar surface area (TPSA) is 98.1 Å². The summed E-state index contributed by atoms with van der Waals surface area (Å²) in [6, 6.07) is 21.9. The highest BCUT2D eigenvalue weighted by Crippen LogP contribution is 2.23. The minimum absolute atomic E-state index is 0.170. The Hall–Kier alpha value is -4.11. The second kappa shape index (κ2) is 10.9. The maximum absolute atomic E-state index is 12.5. The van der Waals surface area contributed by atoms with Crippen molar-refractivity contribution in [2.75, 3.05) is 23.5 Å². The van der Waals surface area contributed by atoms with E-state index in [1.54, 1.807) is 55.6 Å². The molecule has 9 heteroatoms. The number of nitrogens with one attached hydrogen (secondary N) is 2.